The molecule has 174 valence electrons. The number of hydrogen-bond acceptors (Lipinski definition) is 0. The van der Waals surface area contributed by atoms with Gasteiger partial charge in [-0.2, -0.15) is 0 Å². The van der Waals surface area contributed by atoms with Crippen LogP contribution in [0.25, 0.3) is 0 Å². The third-order valence-corrected chi connectivity index (χ3v) is 6.01. The zero-order valence-electron chi connectivity index (χ0n) is 20.4. The van der Waals surface area contributed by atoms with Crippen molar-refractivity contribution in [3.8, 4) is 0 Å². The highest BCUT2D eigenvalue weighted by Gasteiger charge is 2.17. The van der Waals surface area contributed by atoms with Crippen molar-refractivity contribution in [2.24, 2.45) is 0 Å². The molecule has 0 bridgehead atoms. The number of quaternary nitrogens is 2. The van der Waals surface area contributed by atoms with Crippen LogP contribution in [0.4, 0.5) is 0 Å². The van der Waals surface area contributed by atoms with E-state index in [0.717, 1.165) is 0 Å². The van der Waals surface area contributed by atoms with Crippen molar-refractivity contribution >= 4 is 0 Å². The lowest BCUT2D eigenvalue weighted by Gasteiger charge is -2.32. The number of halogens is 2. The second-order valence-corrected chi connectivity index (χ2v) is 10.0. The van der Waals surface area contributed by atoms with Gasteiger partial charge in [-0.3, -0.25) is 0 Å². The van der Waals surface area contributed by atoms with Crippen LogP contribution in [-0.4, -0.2) is 63.3 Å². The van der Waals surface area contributed by atoms with E-state index in [1.807, 2.05) is 0 Å². The Kier molecular flexibility index (Phi) is 24.6. The summed E-state index contributed by atoms with van der Waals surface area (Å²) in [6.45, 7) is 10.0. The van der Waals surface area contributed by atoms with Crippen molar-refractivity contribution in [3.05, 3.63) is 0 Å². The van der Waals surface area contributed by atoms with Crippen LogP contribution in [0.15, 0.2) is 0 Å². The van der Waals surface area contributed by atoms with Crippen molar-refractivity contribution < 1.29 is 33.8 Å². The fourth-order valence-corrected chi connectivity index (χ4v) is 3.94. The van der Waals surface area contributed by atoms with Gasteiger partial charge in [0.1, 0.15) is 0 Å². The second-order valence-electron chi connectivity index (χ2n) is 10.0. The van der Waals surface area contributed by atoms with Gasteiger partial charge in [-0.05, 0) is 25.7 Å². The van der Waals surface area contributed by atoms with E-state index in [2.05, 4.69) is 42.0 Å². The van der Waals surface area contributed by atoms with E-state index in [0.29, 0.717) is 0 Å². The van der Waals surface area contributed by atoms with Crippen molar-refractivity contribution in [2.75, 3.05) is 54.4 Å². The fourth-order valence-electron chi connectivity index (χ4n) is 3.94. The molecule has 0 unspecified atom stereocenters. The first-order valence-corrected chi connectivity index (χ1v) is 12.0. The molecule has 0 rings (SSSR count). The highest BCUT2D eigenvalue weighted by Crippen LogP contribution is 2.12. The first-order valence-electron chi connectivity index (χ1n) is 12.0. The largest absolute Gasteiger partial charge is 1.00 e. The molecule has 0 radical (unpaired) electrons. The second kappa shape index (κ2) is 20.8. The molecular weight excluding hydrogens is 387 g/mol. The molecule has 28 heavy (non-hydrogen) atoms. The van der Waals surface area contributed by atoms with E-state index in [1.165, 1.54) is 125 Å². The Balaban J connectivity index is -0.00000312. The lowest BCUT2D eigenvalue weighted by Crippen LogP contribution is -3.00. The molecule has 4 heteroatoms. The summed E-state index contributed by atoms with van der Waals surface area (Å²) in [5.41, 5.74) is 0. The summed E-state index contributed by atoms with van der Waals surface area (Å²) in [4.78, 5) is 0. The number of nitrogens with zero attached hydrogens (tertiary/aromatic N) is 2. The SMILES string of the molecule is CCCCCCCC[N+](C)(C)CCCC[N+](C)(C)CCCCCCCC.[Cl-].[Cl-]. The molecule has 0 heterocycles. The third-order valence-electron chi connectivity index (χ3n) is 6.01. The van der Waals surface area contributed by atoms with Crippen molar-refractivity contribution in [2.45, 2.75) is 104 Å². The van der Waals surface area contributed by atoms with Crippen LogP contribution in [0, 0.1) is 0 Å². The maximum absolute atomic E-state index is 2.43. The minimum Gasteiger partial charge on any atom is -1.00 e. The Morgan fingerprint density at radius 2 is 0.571 bits per heavy atom. The minimum absolute atomic E-state index is 0. The molecular formula is C24H54Cl2N2. The van der Waals surface area contributed by atoms with Crippen LogP contribution >= 0.6 is 0 Å². The standard InChI is InChI=1S/C24H54N2.2ClH/c1-7-9-11-13-15-17-21-25(3,4)23-19-20-24-26(5,6)22-18-16-14-12-10-8-2;;/h7-24H2,1-6H3;2*1H/q+2;;/p-2. The molecule has 0 saturated heterocycles. The molecule has 2 nitrogen and oxygen atoms in total. The van der Waals surface area contributed by atoms with Crippen molar-refractivity contribution in [1.82, 2.24) is 0 Å². The maximum Gasteiger partial charge on any atom is 0.0784 e. The van der Waals surface area contributed by atoms with Crippen LogP contribution in [0.1, 0.15) is 104 Å². The van der Waals surface area contributed by atoms with Gasteiger partial charge in [0, 0.05) is 12.8 Å². The average Bonchev–Trinajstić information content (AvgIpc) is 2.58. The predicted octanol–water partition coefficient (Wildman–Crippen LogP) is 0.648. The smallest absolute Gasteiger partial charge is 0.0784 e. The van der Waals surface area contributed by atoms with E-state index in [-0.39, 0.29) is 24.8 Å². The number of unbranched alkanes of at least 4 members (excludes halogenated alkanes) is 11. The minimum atomic E-state index is 0. The molecule has 0 aromatic carbocycles. The molecule has 0 fully saturated rings. The summed E-state index contributed by atoms with van der Waals surface area (Å²) in [7, 11) is 9.73. The maximum atomic E-state index is 2.43. The normalized spacial score (nSPS) is 11.8. The van der Waals surface area contributed by atoms with Crippen LogP contribution in [0.3, 0.4) is 0 Å². The number of rotatable bonds is 19. The van der Waals surface area contributed by atoms with E-state index >= 15 is 0 Å². The van der Waals surface area contributed by atoms with E-state index in [1.54, 1.807) is 0 Å². The molecule has 0 atom stereocenters. The molecule has 0 aromatic heterocycles. The van der Waals surface area contributed by atoms with Gasteiger partial charge in [0.15, 0.2) is 0 Å². The van der Waals surface area contributed by atoms with Crippen LogP contribution in [0.5, 0.6) is 0 Å². The number of hydrogen-bond donors (Lipinski definition) is 0. The zero-order valence-corrected chi connectivity index (χ0v) is 21.9. The molecule has 0 spiro atoms. The van der Waals surface area contributed by atoms with E-state index in [4.69, 9.17) is 0 Å². The van der Waals surface area contributed by atoms with Gasteiger partial charge in [-0.15, -0.1) is 0 Å². The van der Waals surface area contributed by atoms with Crippen LogP contribution < -0.4 is 24.8 Å². The summed E-state index contributed by atoms with van der Waals surface area (Å²) in [6.07, 6.45) is 19.8. The lowest BCUT2D eigenvalue weighted by atomic mass is 10.1. The van der Waals surface area contributed by atoms with Gasteiger partial charge in [-0.1, -0.05) is 65.2 Å². The van der Waals surface area contributed by atoms with Gasteiger partial charge in [0.2, 0.25) is 0 Å². The quantitative estimate of drug-likeness (QED) is 0.204. The topological polar surface area (TPSA) is 0 Å². The summed E-state index contributed by atoms with van der Waals surface area (Å²) < 4.78 is 2.44. The van der Waals surface area contributed by atoms with Crippen molar-refractivity contribution in [1.29, 1.82) is 0 Å². The third kappa shape index (κ3) is 22.8. The summed E-state index contributed by atoms with van der Waals surface area (Å²) in [5, 5.41) is 0. The molecule has 0 aliphatic rings. The summed E-state index contributed by atoms with van der Waals surface area (Å²) >= 11 is 0. The molecule has 0 saturated carbocycles. The van der Waals surface area contributed by atoms with Gasteiger partial charge in [0.05, 0.1) is 54.4 Å². The summed E-state index contributed by atoms with van der Waals surface area (Å²) in [5.74, 6) is 0. The summed E-state index contributed by atoms with van der Waals surface area (Å²) in [6, 6.07) is 0. The monoisotopic (exact) mass is 440 g/mol. The Morgan fingerprint density at radius 1 is 0.357 bits per heavy atom. The Bertz CT molecular complexity index is 277. The zero-order chi connectivity index (χ0) is 19.7. The fraction of sp³-hybridized carbons (Fsp3) is 1.00. The van der Waals surface area contributed by atoms with Gasteiger partial charge in [0.25, 0.3) is 0 Å². The molecule has 0 aromatic rings. The highest BCUT2D eigenvalue weighted by molar-refractivity contribution is 4.47. The molecule has 0 N–H and O–H groups in total. The van der Waals surface area contributed by atoms with Crippen LogP contribution in [-0.2, 0) is 0 Å². The van der Waals surface area contributed by atoms with Crippen molar-refractivity contribution in [3.63, 3.8) is 0 Å². The van der Waals surface area contributed by atoms with Gasteiger partial charge < -0.3 is 33.8 Å². The average molecular weight is 442 g/mol. The van der Waals surface area contributed by atoms with Crippen LogP contribution in [0.2, 0.25) is 0 Å². The molecule has 0 aliphatic heterocycles. The Labute approximate surface area is 191 Å². The Hall–Kier alpha value is 0.500. The molecule has 0 aliphatic carbocycles. The first kappa shape index (κ1) is 33.1. The van der Waals surface area contributed by atoms with Gasteiger partial charge >= 0.3 is 0 Å². The lowest BCUT2D eigenvalue weighted by molar-refractivity contribution is -0.897. The van der Waals surface area contributed by atoms with E-state index in [9.17, 15) is 0 Å². The van der Waals surface area contributed by atoms with E-state index < -0.39 is 0 Å². The highest BCUT2D eigenvalue weighted by atomic mass is 35.5. The molecule has 0 amide bonds. The first-order chi connectivity index (χ1) is 12.3. The predicted molar refractivity (Wildman–Crippen MR) is 120 cm³/mol. The Morgan fingerprint density at radius 3 is 0.857 bits per heavy atom. The van der Waals surface area contributed by atoms with Gasteiger partial charge in [-0.25, -0.2) is 0 Å².